The second kappa shape index (κ2) is 8.48. The number of anilines is 1. The highest BCUT2D eigenvalue weighted by molar-refractivity contribution is 7.89. The van der Waals surface area contributed by atoms with Crippen molar-refractivity contribution in [1.82, 2.24) is 4.31 Å². The van der Waals surface area contributed by atoms with Gasteiger partial charge in [0, 0.05) is 17.8 Å². The van der Waals surface area contributed by atoms with E-state index in [0.29, 0.717) is 0 Å². The molecule has 0 aromatic heterocycles. The Morgan fingerprint density at radius 3 is 2.65 bits per heavy atom. The molecule has 9 heteroatoms. The zero-order valence-corrected chi connectivity index (χ0v) is 15.8. The van der Waals surface area contributed by atoms with Gasteiger partial charge >= 0.3 is 0 Å². The third-order valence-electron chi connectivity index (χ3n) is 3.37. The molecule has 0 aliphatic heterocycles. The average molecular weight is 401 g/mol. The molecule has 0 saturated carbocycles. The second-order valence-corrected chi connectivity index (χ2v) is 7.79. The lowest BCUT2D eigenvalue weighted by Crippen LogP contribution is -2.35. The maximum absolute atomic E-state index is 13.2. The van der Waals surface area contributed by atoms with E-state index in [9.17, 15) is 17.6 Å². The quantitative estimate of drug-likeness (QED) is 0.774. The predicted molar refractivity (Wildman–Crippen MR) is 97.5 cm³/mol. The van der Waals surface area contributed by atoms with E-state index in [2.05, 4.69) is 5.32 Å². The van der Waals surface area contributed by atoms with Gasteiger partial charge in [-0.3, -0.25) is 4.79 Å². The number of likely N-dealkylation sites (N-methyl/N-ethyl adjacent to an activating group) is 1. The maximum Gasteiger partial charge on any atom is 0.247 e. The van der Waals surface area contributed by atoms with E-state index < -0.39 is 28.3 Å². The first kappa shape index (κ1) is 20.2. The summed E-state index contributed by atoms with van der Waals surface area (Å²) < 4.78 is 44.9. The number of carbonyl (C=O) groups excluding carboxylic acids is 1. The van der Waals surface area contributed by atoms with Crippen LogP contribution < -0.4 is 10.1 Å². The van der Waals surface area contributed by atoms with Crippen molar-refractivity contribution < 1.29 is 22.3 Å². The molecule has 2 aromatic carbocycles. The zero-order chi connectivity index (χ0) is 19.3. The zero-order valence-electron chi connectivity index (χ0n) is 14.2. The molecule has 2 aromatic rings. The van der Waals surface area contributed by atoms with Crippen LogP contribution in [0.5, 0.6) is 5.75 Å². The molecule has 0 heterocycles. The number of hydrogen-bond acceptors (Lipinski definition) is 4. The molecule has 26 heavy (non-hydrogen) atoms. The largest absolute Gasteiger partial charge is 0.492 e. The molecule has 0 aliphatic rings. The Hall–Kier alpha value is -2.16. The Morgan fingerprint density at radius 1 is 1.27 bits per heavy atom. The minimum Gasteiger partial charge on any atom is -0.492 e. The fourth-order valence-electron chi connectivity index (χ4n) is 2.18. The SMILES string of the molecule is CCOc1ccc(Cl)cc1S(=O)(=O)N(C)CC(=O)Nc1cccc(F)c1. The number of rotatable bonds is 7. The monoisotopic (exact) mass is 400 g/mol. The van der Waals surface area contributed by atoms with Gasteiger partial charge in [-0.05, 0) is 43.3 Å². The lowest BCUT2D eigenvalue weighted by molar-refractivity contribution is -0.116. The number of ether oxygens (including phenoxy) is 1. The second-order valence-electron chi connectivity index (χ2n) is 5.34. The molecule has 1 N–H and O–H groups in total. The molecule has 0 saturated heterocycles. The van der Waals surface area contributed by atoms with Crippen molar-refractivity contribution in [1.29, 1.82) is 0 Å². The van der Waals surface area contributed by atoms with Gasteiger partial charge in [-0.1, -0.05) is 17.7 Å². The Kier molecular flexibility index (Phi) is 6.57. The fraction of sp³-hybridized carbons (Fsp3) is 0.235. The van der Waals surface area contributed by atoms with E-state index >= 15 is 0 Å². The number of amides is 1. The van der Waals surface area contributed by atoms with Crippen LogP contribution in [0.15, 0.2) is 47.4 Å². The number of halogens is 2. The summed E-state index contributed by atoms with van der Waals surface area (Å²) >= 11 is 5.90. The summed E-state index contributed by atoms with van der Waals surface area (Å²) in [6.07, 6.45) is 0. The Morgan fingerprint density at radius 2 is 2.00 bits per heavy atom. The third-order valence-corrected chi connectivity index (χ3v) is 5.43. The summed E-state index contributed by atoms with van der Waals surface area (Å²) in [5.74, 6) is -0.972. The molecule has 0 radical (unpaired) electrons. The number of sulfonamides is 1. The van der Waals surface area contributed by atoms with Crippen LogP contribution >= 0.6 is 11.6 Å². The molecule has 140 valence electrons. The van der Waals surface area contributed by atoms with Crippen LogP contribution in [0, 0.1) is 5.82 Å². The molecule has 0 fully saturated rings. The molecular weight excluding hydrogens is 383 g/mol. The molecule has 0 unspecified atom stereocenters. The van der Waals surface area contributed by atoms with E-state index in [1.54, 1.807) is 6.92 Å². The summed E-state index contributed by atoms with van der Waals surface area (Å²) in [6, 6.07) is 9.55. The van der Waals surface area contributed by atoms with Crippen LogP contribution in [0.1, 0.15) is 6.92 Å². The van der Waals surface area contributed by atoms with E-state index in [1.165, 1.54) is 43.4 Å². The fourth-order valence-corrected chi connectivity index (χ4v) is 3.70. The van der Waals surface area contributed by atoms with Gasteiger partial charge in [-0.2, -0.15) is 4.31 Å². The van der Waals surface area contributed by atoms with Gasteiger partial charge in [0.15, 0.2) is 0 Å². The van der Waals surface area contributed by atoms with E-state index in [1.807, 2.05) is 0 Å². The summed E-state index contributed by atoms with van der Waals surface area (Å²) in [7, 11) is -2.76. The minimum absolute atomic E-state index is 0.132. The first-order valence-corrected chi connectivity index (χ1v) is 9.50. The van der Waals surface area contributed by atoms with Crippen molar-refractivity contribution in [3.8, 4) is 5.75 Å². The summed E-state index contributed by atoms with van der Waals surface area (Å²) in [5.41, 5.74) is 0.235. The first-order valence-electron chi connectivity index (χ1n) is 7.68. The molecule has 6 nitrogen and oxygen atoms in total. The van der Waals surface area contributed by atoms with Gasteiger partial charge in [-0.25, -0.2) is 12.8 Å². The lowest BCUT2D eigenvalue weighted by atomic mass is 10.3. The van der Waals surface area contributed by atoms with Crippen LogP contribution in [0.2, 0.25) is 5.02 Å². The average Bonchev–Trinajstić information content (AvgIpc) is 2.56. The van der Waals surface area contributed by atoms with Crippen LogP contribution in [0.25, 0.3) is 0 Å². The molecule has 2 rings (SSSR count). The highest BCUT2D eigenvalue weighted by Crippen LogP contribution is 2.29. The highest BCUT2D eigenvalue weighted by Gasteiger charge is 2.27. The van der Waals surface area contributed by atoms with Crippen molar-refractivity contribution in [3.05, 3.63) is 53.3 Å². The topological polar surface area (TPSA) is 75.7 Å². The van der Waals surface area contributed by atoms with Crippen LogP contribution in [0.4, 0.5) is 10.1 Å². The van der Waals surface area contributed by atoms with Crippen molar-refractivity contribution in [3.63, 3.8) is 0 Å². The van der Waals surface area contributed by atoms with Crippen LogP contribution in [-0.4, -0.2) is 38.8 Å². The molecule has 0 atom stereocenters. The van der Waals surface area contributed by atoms with Crippen LogP contribution in [-0.2, 0) is 14.8 Å². The van der Waals surface area contributed by atoms with Crippen molar-refractivity contribution in [2.75, 3.05) is 25.5 Å². The number of nitrogens with zero attached hydrogens (tertiary/aromatic N) is 1. The van der Waals surface area contributed by atoms with Gasteiger partial charge in [0.1, 0.15) is 16.5 Å². The Bertz CT molecular complexity index is 905. The van der Waals surface area contributed by atoms with Crippen molar-refractivity contribution >= 4 is 33.2 Å². The normalized spacial score (nSPS) is 11.4. The smallest absolute Gasteiger partial charge is 0.247 e. The molecular formula is C17H18ClFN2O4S. The lowest BCUT2D eigenvalue weighted by Gasteiger charge is -2.19. The predicted octanol–water partition coefficient (Wildman–Crippen LogP) is 3.14. The summed E-state index contributed by atoms with van der Waals surface area (Å²) in [4.78, 5) is 12.0. The molecule has 1 amide bonds. The van der Waals surface area contributed by atoms with Gasteiger partial charge in [0.25, 0.3) is 0 Å². The van der Waals surface area contributed by atoms with Gasteiger partial charge < -0.3 is 10.1 Å². The Balaban J connectivity index is 2.18. The summed E-state index contributed by atoms with van der Waals surface area (Å²) in [5, 5.41) is 2.67. The van der Waals surface area contributed by atoms with Gasteiger partial charge in [-0.15, -0.1) is 0 Å². The third kappa shape index (κ3) is 4.94. The van der Waals surface area contributed by atoms with Gasteiger partial charge in [0.2, 0.25) is 15.9 Å². The maximum atomic E-state index is 13.2. The van der Waals surface area contributed by atoms with E-state index in [0.717, 1.165) is 10.4 Å². The van der Waals surface area contributed by atoms with Crippen molar-refractivity contribution in [2.24, 2.45) is 0 Å². The van der Waals surface area contributed by atoms with Gasteiger partial charge in [0.05, 0.1) is 13.2 Å². The molecule has 0 spiro atoms. The summed E-state index contributed by atoms with van der Waals surface area (Å²) in [6.45, 7) is 1.53. The van der Waals surface area contributed by atoms with E-state index in [-0.39, 0.29) is 28.0 Å². The first-order chi connectivity index (χ1) is 12.2. The number of hydrogen-bond donors (Lipinski definition) is 1. The molecule has 0 aliphatic carbocycles. The standard InChI is InChI=1S/C17H18ClFN2O4S/c1-3-25-15-8-7-12(18)9-16(15)26(23,24)21(2)11-17(22)20-14-6-4-5-13(19)10-14/h4-10H,3,11H2,1-2H3,(H,20,22). The number of carbonyl (C=O) groups is 1. The van der Waals surface area contributed by atoms with Crippen molar-refractivity contribution in [2.45, 2.75) is 11.8 Å². The number of benzene rings is 2. The van der Waals surface area contributed by atoms with E-state index in [4.69, 9.17) is 16.3 Å². The molecule has 0 bridgehead atoms. The minimum atomic E-state index is -4.02. The van der Waals surface area contributed by atoms with Crippen LogP contribution in [0.3, 0.4) is 0 Å². The number of nitrogens with one attached hydrogen (secondary N) is 1. The highest BCUT2D eigenvalue weighted by atomic mass is 35.5. The Labute approximate surface area is 156 Å².